The van der Waals surface area contributed by atoms with Crippen LogP contribution in [0.3, 0.4) is 0 Å². The molecule has 5 nitrogen and oxygen atoms in total. The van der Waals surface area contributed by atoms with Gasteiger partial charge >= 0.3 is 0 Å². The normalized spacial score (nSPS) is 11.5. The van der Waals surface area contributed by atoms with E-state index < -0.39 is 0 Å². The third-order valence-electron chi connectivity index (χ3n) is 4.95. The number of para-hydroxylation sites is 1. The van der Waals surface area contributed by atoms with E-state index in [1.807, 2.05) is 67.7 Å². The summed E-state index contributed by atoms with van der Waals surface area (Å²) in [6, 6.07) is 23.4. The first-order valence-corrected chi connectivity index (χ1v) is 10.9. The van der Waals surface area contributed by atoms with E-state index in [2.05, 4.69) is 48.7 Å². The fraction of sp³-hybridized carbons (Fsp3) is 0.120. The summed E-state index contributed by atoms with van der Waals surface area (Å²) >= 11 is 3.44. The molecule has 156 valence electrons. The van der Waals surface area contributed by atoms with Crippen LogP contribution in [0.4, 0.5) is 5.69 Å². The molecule has 3 aromatic carbocycles. The molecule has 4 rings (SSSR count). The van der Waals surface area contributed by atoms with Crippen LogP contribution in [0.15, 0.2) is 88.5 Å². The zero-order chi connectivity index (χ0) is 21.6. The van der Waals surface area contributed by atoms with Gasteiger partial charge in [-0.1, -0.05) is 51.8 Å². The molecule has 31 heavy (non-hydrogen) atoms. The lowest BCUT2D eigenvalue weighted by molar-refractivity contribution is 0.0977. The van der Waals surface area contributed by atoms with Crippen LogP contribution >= 0.6 is 15.9 Å². The summed E-state index contributed by atoms with van der Waals surface area (Å²) in [5.74, 6) is 0.229. The van der Waals surface area contributed by atoms with E-state index in [0.29, 0.717) is 18.1 Å². The molecule has 0 saturated carbocycles. The van der Waals surface area contributed by atoms with Crippen LogP contribution in [0.5, 0.6) is 0 Å². The summed E-state index contributed by atoms with van der Waals surface area (Å²) in [5, 5.41) is 7.35. The molecule has 0 aliphatic heterocycles. The van der Waals surface area contributed by atoms with Crippen LogP contribution in [0, 0.1) is 6.92 Å². The highest BCUT2D eigenvalue weighted by Crippen LogP contribution is 2.18. The van der Waals surface area contributed by atoms with Crippen molar-refractivity contribution in [3.05, 3.63) is 100 Å². The summed E-state index contributed by atoms with van der Waals surface area (Å²) < 4.78 is 0.986. The molecule has 0 atom stereocenters. The molecule has 0 unspecified atom stereocenters. The molecular weight excluding hydrogens is 452 g/mol. The Morgan fingerprint density at radius 3 is 2.65 bits per heavy atom. The fourth-order valence-corrected chi connectivity index (χ4v) is 3.64. The maximum atomic E-state index is 12.8. The number of aryl methyl sites for hydroxylation is 1. The first-order chi connectivity index (χ1) is 15.1. The van der Waals surface area contributed by atoms with Crippen LogP contribution in [-0.4, -0.2) is 23.4 Å². The van der Waals surface area contributed by atoms with E-state index in [0.717, 1.165) is 27.7 Å². The number of carbonyl (C=O) groups is 1. The van der Waals surface area contributed by atoms with Gasteiger partial charge in [0.1, 0.15) is 0 Å². The van der Waals surface area contributed by atoms with Gasteiger partial charge in [0.05, 0.1) is 0 Å². The van der Waals surface area contributed by atoms with Crippen LogP contribution in [-0.2, 0) is 6.42 Å². The smallest absolute Gasteiger partial charge is 0.257 e. The average Bonchev–Trinajstić information content (AvgIpc) is 3.18. The van der Waals surface area contributed by atoms with Crippen molar-refractivity contribution in [2.45, 2.75) is 13.3 Å². The number of amides is 1. The van der Waals surface area contributed by atoms with E-state index in [1.165, 1.54) is 10.9 Å². The van der Waals surface area contributed by atoms with Gasteiger partial charge in [-0.05, 0) is 61.4 Å². The van der Waals surface area contributed by atoms with Gasteiger partial charge < -0.3 is 10.3 Å². The minimum Gasteiger partial charge on any atom is -0.361 e. The number of guanidine groups is 1. The number of carbonyl (C=O) groups excluding carboxylic acids is 1. The Morgan fingerprint density at radius 1 is 1.03 bits per heavy atom. The first kappa shape index (κ1) is 20.9. The van der Waals surface area contributed by atoms with Crippen molar-refractivity contribution < 1.29 is 4.79 Å². The summed E-state index contributed by atoms with van der Waals surface area (Å²) in [5.41, 5.74) is 4.79. The molecule has 0 spiro atoms. The predicted molar refractivity (Wildman–Crippen MR) is 131 cm³/mol. The number of aliphatic imine (C=N–C) groups is 1. The van der Waals surface area contributed by atoms with Crippen molar-refractivity contribution in [1.82, 2.24) is 10.3 Å². The Hall–Kier alpha value is -3.38. The van der Waals surface area contributed by atoms with E-state index >= 15 is 0 Å². The third kappa shape index (κ3) is 5.41. The molecule has 0 radical (unpaired) electrons. The van der Waals surface area contributed by atoms with Crippen molar-refractivity contribution in [3.63, 3.8) is 0 Å². The maximum absolute atomic E-state index is 12.8. The Bertz CT molecular complexity index is 1230. The Kier molecular flexibility index (Phi) is 6.48. The van der Waals surface area contributed by atoms with E-state index in [1.54, 1.807) is 6.07 Å². The monoisotopic (exact) mass is 474 g/mol. The number of anilines is 1. The quantitative estimate of drug-likeness (QED) is 0.257. The minimum absolute atomic E-state index is 0.195. The van der Waals surface area contributed by atoms with E-state index in [9.17, 15) is 4.79 Å². The summed E-state index contributed by atoms with van der Waals surface area (Å²) in [6.45, 7) is 2.50. The molecule has 1 heterocycles. The van der Waals surface area contributed by atoms with Gasteiger partial charge in [0.2, 0.25) is 5.96 Å². The molecule has 4 aromatic rings. The SMILES string of the molecule is Cc1cccc(C(=O)NC(=NCCc2c[nH]c3ccccc23)Nc2ccc(Br)cc2)c1. The van der Waals surface area contributed by atoms with Crippen LogP contribution in [0.2, 0.25) is 0 Å². The van der Waals surface area contributed by atoms with E-state index in [-0.39, 0.29) is 5.91 Å². The van der Waals surface area contributed by atoms with Gasteiger partial charge in [-0.3, -0.25) is 15.1 Å². The second-order valence-corrected chi connectivity index (χ2v) is 8.21. The number of rotatable bonds is 5. The van der Waals surface area contributed by atoms with Gasteiger partial charge in [-0.25, -0.2) is 0 Å². The number of nitrogens with zero attached hydrogens (tertiary/aromatic N) is 1. The molecule has 0 saturated heterocycles. The van der Waals surface area contributed by atoms with Gasteiger partial charge in [0.15, 0.2) is 0 Å². The lowest BCUT2D eigenvalue weighted by Gasteiger charge is -2.12. The van der Waals surface area contributed by atoms with Crippen molar-refractivity contribution in [2.24, 2.45) is 4.99 Å². The van der Waals surface area contributed by atoms with Crippen LogP contribution in [0.25, 0.3) is 10.9 Å². The van der Waals surface area contributed by atoms with Crippen LogP contribution < -0.4 is 10.6 Å². The number of fused-ring (bicyclic) bond motifs is 1. The number of benzene rings is 3. The topological polar surface area (TPSA) is 69.3 Å². The van der Waals surface area contributed by atoms with Gasteiger partial charge in [-0.15, -0.1) is 0 Å². The zero-order valence-corrected chi connectivity index (χ0v) is 18.7. The van der Waals surface area contributed by atoms with Gasteiger partial charge in [0.25, 0.3) is 5.91 Å². The van der Waals surface area contributed by atoms with Gasteiger partial charge in [0, 0.05) is 39.4 Å². The van der Waals surface area contributed by atoms with Crippen molar-refractivity contribution in [3.8, 4) is 0 Å². The Balaban J connectivity index is 1.51. The lowest BCUT2D eigenvalue weighted by Crippen LogP contribution is -2.36. The molecule has 1 amide bonds. The maximum Gasteiger partial charge on any atom is 0.257 e. The average molecular weight is 475 g/mol. The second-order valence-electron chi connectivity index (χ2n) is 7.30. The zero-order valence-electron chi connectivity index (χ0n) is 17.2. The fourth-order valence-electron chi connectivity index (χ4n) is 3.37. The summed E-state index contributed by atoms with van der Waals surface area (Å²) in [6.07, 6.45) is 2.78. The highest BCUT2D eigenvalue weighted by molar-refractivity contribution is 9.10. The molecule has 6 heteroatoms. The number of aromatic nitrogens is 1. The second kappa shape index (κ2) is 9.62. The van der Waals surface area contributed by atoms with Crippen LogP contribution in [0.1, 0.15) is 21.5 Å². The summed E-state index contributed by atoms with van der Waals surface area (Å²) in [4.78, 5) is 20.7. The number of hydrogen-bond donors (Lipinski definition) is 3. The highest BCUT2D eigenvalue weighted by Gasteiger charge is 2.10. The van der Waals surface area contributed by atoms with Gasteiger partial charge in [-0.2, -0.15) is 0 Å². The number of H-pyrrole nitrogens is 1. The van der Waals surface area contributed by atoms with Crippen molar-refractivity contribution >= 4 is 44.4 Å². The number of hydrogen-bond acceptors (Lipinski definition) is 2. The molecular formula is C25H23BrN4O. The van der Waals surface area contributed by atoms with Crippen molar-refractivity contribution in [1.29, 1.82) is 0 Å². The Morgan fingerprint density at radius 2 is 1.84 bits per heavy atom. The predicted octanol–water partition coefficient (Wildman–Crippen LogP) is 5.68. The number of aromatic amines is 1. The first-order valence-electron chi connectivity index (χ1n) is 10.1. The summed E-state index contributed by atoms with van der Waals surface area (Å²) in [7, 11) is 0. The molecule has 0 aliphatic rings. The number of halogens is 1. The third-order valence-corrected chi connectivity index (χ3v) is 5.47. The number of nitrogens with one attached hydrogen (secondary N) is 3. The molecule has 3 N–H and O–H groups in total. The highest BCUT2D eigenvalue weighted by atomic mass is 79.9. The Labute approximate surface area is 189 Å². The minimum atomic E-state index is -0.195. The standard InChI is InChI=1S/C25H23BrN4O/c1-17-5-4-6-18(15-17)24(31)30-25(29-21-11-9-20(26)10-12-21)27-14-13-19-16-28-23-8-3-2-7-22(19)23/h2-12,15-16,28H,13-14H2,1H3,(H2,27,29,30,31). The molecule has 0 fully saturated rings. The largest absolute Gasteiger partial charge is 0.361 e. The molecule has 1 aromatic heterocycles. The molecule has 0 bridgehead atoms. The van der Waals surface area contributed by atoms with Crippen molar-refractivity contribution in [2.75, 3.05) is 11.9 Å². The lowest BCUT2D eigenvalue weighted by atomic mass is 10.1. The van der Waals surface area contributed by atoms with E-state index in [4.69, 9.17) is 0 Å². The molecule has 0 aliphatic carbocycles.